The fourth-order valence-corrected chi connectivity index (χ4v) is 3.13. The van der Waals surface area contributed by atoms with E-state index in [4.69, 9.17) is 9.31 Å². The topological polar surface area (TPSA) is 34.6 Å². The summed E-state index contributed by atoms with van der Waals surface area (Å²) in [5.41, 5.74) is 0.448. The van der Waals surface area contributed by atoms with Crippen LogP contribution in [-0.4, -0.2) is 36.4 Å². The van der Waals surface area contributed by atoms with E-state index >= 15 is 0 Å². The first-order valence-corrected chi connectivity index (χ1v) is 8.35. The maximum Gasteiger partial charge on any atom is 0.495 e. The van der Waals surface area contributed by atoms with Gasteiger partial charge in [0.1, 0.15) is 5.82 Å². The zero-order valence-corrected chi connectivity index (χ0v) is 14.4. The second-order valence-electron chi connectivity index (χ2n) is 7.73. The van der Waals surface area contributed by atoms with Crippen LogP contribution >= 0.6 is 0 Å². The molecule has 0 amide bonds. The number of rotatable bonds is 2. The fraction of sp³-hybridized carbons (Fsp3) is 0.706. The zero-order chi connectivity index (χ0) is 16.0. The van der Waals surface area contributed by atoms with Gasteiger partial charge in [0.15, 0.2) is 0 Å². The molecule has 120 valence electrons. The Balaban J connectivity index is 1.80. The summed E-state index contributed by atoms with van der Waals surface area (Å²) in [6.45, 7) is 12.8. The van der Waals surface area contributed by atoms with Gasteiger partial charge in [-0.05, 0) is 64.1 Å². The van der Waals surface area contributed by atoms with Crippen LogP contribution in [0.25, 0.3) is 0 Å². The van der Waals surface area contributed by atoms with Crippen LogP contribution in [0.2, 0.25) is 0 Å². The molecule has 1 aromatic heterocycles. The van der Waals surface area contributed by atoms with Gasteiger partial charge in [-0.25, -0.2) is 4.98 Å². The van der Waals surface area contributed by atoms with E-state index in [9.17, 15) is 0 Å². The first-order chi connectivity index (χ1) is 10.3. The van der Waals surface area contributed by atoms with Gasteiger partial charge >= 0.3 is 7.12 Å². The van der Waals surface area contributed by atoms with Crippen molar-refractivity contribution in [3.63, 3.8) is 0 Å². The average molecular weight is 302 g/mol. The van der Waals surface area contributed by atoms with Crippen molar-refractivity contribution in [1.29, 1.82) is 0 Å². The third kappa shape index (κ3) is 2.89. The standard InChI is InChI=1S/C17H27BN2O2/c1-13-7-6-10-20(12-13)15-11-14(8-9-19-15)18-21-16(2,3)17(4,5)22-18/h8-9,11,13H,6-7,10,12H2,1-5H3. The Hall–Kier alpha value is -1.07. The highest BCUT2D eigenvalue weighted by molar-refractivity contribution is 6.62. The first kappa shape index (κ1) is 15.8. The number of anilines is 1. The molecule has 4 nitrogen and oxygen atoms in total. The van der Waals surface area contributed by atoms with Crippen LogP contribution in [0, 0.1) is 5.92 Å². The molecular formula is C17H27BN2O2. The molecule has 3 heterocycles. The highest BCUT2D eigenvalue weighted by Crippen LogP contribution is 2.36. The number of piperidine rings is 1. The number of hydrogen-bond acceptors (Lipinski definition) is 4. The molecule has 1 unspecified atom stereocenters. The van der Waals surface area contributed by atoms with E-state index in [1.165, 1.54) is 12.8 Å². The summed E-state index contributed by atoms with van der Waals surface area (Å²) in [5, 5.41) is 0. The Bertz CT molecular complexity index is 531. The summed E-state index contributed by atoms with van der Waals surface area (Å²) in [6, 6.07) is 4.12. The lowest BCUT2D eigenvalue weighted by molar-refractivity contribution is 0.00578. The Morgan fingerprint density at radius 1 is 1.23 bits per heavy atom. The Morgan fingerprint density at radius 2 is 1.91 bits per heavy atom. The second-order valence-corrected chi connectivity index (χ2v) is 7.73. The van der Waals surface area contributed by atoms with E-state index in [1.807, 2.05) is 12.3 Å². The summed E-state index contributed by atoms with van der Waals surface area (Å²) in [6.07, 6.45) is 4.42. The third-order valence-corrected chi connectivity index (χ3v) is 5.28. The fourth-order valence-electron chi connectivity index (χ4n) is 3.13. The van der Waals surface area contributed by atoms with Crippen molar-refractivity contribution >= 4 is 18.4 Å². The maximum atomic E-state index is 6.15. The highest BCUT2D eigenvalue weighted by atomic mass is 16.7. The molecular weight excluding hydrogens is 275 g/mol. The molecule has 2 fully saturated rings. The molecule has 22 heavy (non-hydrogen) atoms. The Kier molecular flexibility index (Phi) is 3.98. The molecule has 5 heteroatoms. The minimum absolute atomic E-state index is 0.305. The quantitative estimate of drug-likeness (QED) is 0.787. The second kappa shape index (κ2) is 5.53. The van der Waals surface area contributed by atoms with Gasteiger partial charge in [-0.1, -0.05) is 6.92 Å². The first-order valence-electron chi connectivity index (χ1n) is 8.35. The number of pyridine rings is 1. The summed E-state index contributed by atoms with van der Waals surface area (Å²) in [4.78, 5) is 6.93. The predicted octanol–water partition coefficient (Wildman–Crippen LogP) is 2.62. The molecule has 2 saturated heterocycles. The van der Waals surface area contributed by atoms with Crippen molar-refractivity contribution in [2.24, 2.45) is 5.92 Å². The van der Waals surface area contributed by atoms with Gasteiger partial charge < -0.3 is 14.2 Å². The average Bonchev–Trinajstić information content (AvgIpc) is 2.68. The molecule has 0 aromatic carbocycles. The summed E-state index contributed by atoms with van der Waals surface area (Å²) in [5.74, 6) is 1.77. The largest absolute Gasteiger partial charge is 0.495 e. The van der Waals surface area contributed by atoms with Gasteiger partial charge in [-0.3, -0.25) is 0 Å². The van der Waals surface area contributed by atoms with Crippen molar-refractivity contribution in [2.75, 3.05) is 18.0 Å². The van der Waals surface area contributed by atoms with Gasteiger partial charge in [0, 0.05) is 19.3 Å². The van der Waals surface area contributed by atoms with Gasteiger partial charge in [-0.2, -0.15) is 0 Å². The van der Waals surface area contributed by atoms with Crippen molar-refractivity contribution in [3.05, 3.63) is 18.3 Å². The number of nitrogens with zero attached hydrogens (tertiary/aromatic N) is 2. The molecule has 0 saturated carbocycles. The number of aromatic nitrogens is 1. The minimum atomic E-state index is -0.311. The molecule has 0 radical (unpaired) electrons. The third-order valence-electron chi connectivity index (χ3n) is 5.28. The summed E-state index contributed by atoms with van der Waals surface area (Å²) in [7, 11) is -0.311. The molecule has 1 aromatic rings. The molecule has 2 aliphatic rings. The lowest BCUT2D eigenvalue weighted by atomic mass is 9.79. The molecule has 2 aliphatic heterocycles. The van der Waals surface area contributed by atoms with E-state index < -0.39 is 0 Å². The van der Waals surface area contributed by atoms with Crippen LogP contribution < -0.4 is 10.4 Å². The van der Waals surface area contributed by atoms with Crippen LogP contribution in [0.5, 0.6) is 0 Å². The normalized spacial score (nSPS) is 27.2. The van der Waals surface area contributed by atoms with Crippen molar-refractivity contribution in [1.82, 2.24) is 4.98 Å². The molecule has 0 N–H and O–H groups in total. The predicted molar refractivity (Wildman–Crippen MR) is 90.6 cm³/mol. The van der Waals surface area contributed by atoms with E-state index in [1.54, 1.807) is 0 Å². The smallest absolute Gasteiger partial charge is 0.399 e. The molecule has 0 bridgehead atoms. The molecule has 3 rings (SSSR count). The zero-order valence-electron chi connectivity index (χ0n) is 14.4. The van der Waals surface area contributed by atoms with Gasteiger partial charge in [-0.15, -0.1) is 0 Å². The monoisotopic (exact) mass is 302 g/mol. The number of hydrogen-bond donors (Lipinski definition) is 0. The van der Waals surface area contributed by atoms with E-state index in [2.05, 4.69) is 50.6 Å². The maximum absolute atomic E-state index is 6.15. The van der Waals surface area contributed by atoms with Crippen LogP contribution in [0.15, 0.2) is 18.3 Å². The molecule has 0 spiro atoms. The van der Waals surface area contributed by atoms with Crippen LogP contribution in [0.3, 0.4) is 0 Å². The lowest BCUT2D eigenvalue weighted by Crippen LogP contribution is -2.41. The SMILES string of the molecule is CC1CCCN(c2cc(B3OC(C)(C)C(C)(C)O3)ccn2)C1. The summed E-state index contributed by atoms with van der Waals surface area (Å²) < 4.78 is 12.3. The van der Waals surface area contributed by atoms with E-state index in [0.717, 1.165) is 30.3 Å². The molecule has 1 atom stereocenters. The highest BCUT2D eigenvalue weighted by Gasteiger charge is 2.51. The van der Waals surface area contributed by atoms with Gasteiger partial charge in [0.2, 0.25) is 0 Å². The van der Waals surface area contributed by atoms with Crippen molar-refractivity contribution in [3.8, 4) is 0 Å². The Morgan fingerprint density at radius 3 is 2.55 bits per heavy atom. The summed E-state index contributed by atoms with van der Waals surface area (Å²) >= 11 is 0. The van der Waals surface area contributed by atoms with Crippen LogP contribution in [-0.2, 0) is 9.31 Å². The lowest BCUT2D eigenvalue weighted by Gasteiger charge is -2.32. The van der Waals surface area contributed by atoms with Gasteiger partial charge in [0.05, 0.1) is 11.2 Å². The van der Waals surface area contributed by atoms with Crippen LogP contribution in [0.1, 0.15) is 47.5 Å². The van der Waals surface area contributed by atoms with Crippen molar-refractivity contribution < 1.29 is 9.31 Å². The van der Waals surface area contributed by atoms with E-state index in [-0.39, 0.29) is 18.3 Å². The van der Waals surface area contributed by atoms with Gasteiger partial charge in [0.25, 0.3) is 0 Å². The van der Waals surface area contributed by atoms with E-state index in [0.29, 0.717) is 0 Å². The minimum Gasteiger partial charge on any atom is -0.399 e. The Labute approximate surface area is 134 Å². The molecule has 0 aliphatic carbocycles. The van der Waals surface area contributed by atoms with Crippen molar-refractivity contribution in [2.45, 2.75) is 58.7 Å². The van der Waals surface area contributed by atoms with Crippen LogP contribution in [0.4, 0.5) is 5.82 Å².